The molecule has 0 unspecified atom stereocenters. The minimum absolute atomic E-state index is 0. The van der Waals surface area contributed by atoms with E-state index in [0.29, 0.717) is 6.04 Å². The number of piperidine rings is 1. The van der Waals surface area contributed by atoms with Crippen LogP contribution in [0, 0.1) is 5.82 Å². The molecule has 0 bridgehead atoms. The molecule has 29 heavy (non-hydrogen) atoms. The molecule has 0 atom stereocenters. The van der Waals surface area contributed by atoms with E-state index in [2.05, 4.69) is 39.5 Å². The highest BCUT2D eigenvalue weighted by Crippen LogP contribution is 2.25. The van der Waals surface area contributed by atoms with Crippen LogP contribution < -0.4 is 15.5 Å². The van der Waals surface area contributed by atoms with Crippen LogP contribution in [0.4, 0.5) is 10.1 Å². The maximum atomic E-state index is 13.5. The molecule has 0 aliphatic carbocycles. The van der Waals surface area contributed by atoms with Gasteiger partial charge in [0.1, 0.15) is 5.82 Å². The number of guanidine groups is 1. The zero-order valence-electron chi connectivity index (χ0n) is 17.8. The zero-order chi connectivity index (χ0) is 20.0. The summed E-state index contributed by atoms with van der Waals surface area (Å²) in [4.78, 5) is 8.99. The van der Waals surface area contributed by atoms with Gasteiger partial charge in [0.2, 0.25) is 0 Å². The van der Waals surface area contributed by atoms with Crippen LogP contribution in [0.3, 0.4) is 0 Å². The SMILES string of the molecule is CN=C(NCC1(N(C)C)CCOCC1)NC1CCN(c2cccc(F)c2)CC1.I. The van der Waals surface area contributed by atoms with Crippen molar-refractivity contribution in [1.82, 2.24) is 15.5 Å². The lowest BCUT2D eigenvalue weighted by atomic mass is 9.88. The van der Waals surface area contributed by atoms with Crippen molar-refractivity contribution in [3.63, 3.8) is 0 Å². The monoisotopic (exact) mass is 519 g/mol. The number of aliphatic imine (C=N–C) groups is 1. The number of hydrogen-bond acceptors (Lipinski definition) is 4. The number of anilines is 1. The third-order valence-corrected chi connectivity index (χ3v) is 6.19. The second kappa shape index (κ2) is 11.3. The summed E-state index contributed by atoms with van der Waals surface area (Å²) >= 11 is 0. The quantitative estimate of drug-likeness (QED) is 0.356. The Hall–Kier alpha value is -1.13. The van der Waals surface area contributed by atoms with E-state index in [9.17, 15) is 4.39 Å². The molecule has 164 valence electrons. The highest BCUT2D eigenvalue weighted by molar-refractivity contribution is 14.0. The summed E-state index contributed by atoms with van der Waals surface area (Å²) in [7, 11) is 6.11. The molecule has 0 spiro atoms. The first kappa shape index (κ1) is 24.1. The summed E-state index contributed by atoms with van der Waals surface area (Å²) in [6.45, 7) is 4.30. The number of likely N-dealkylation sites (N-methyl/N-ethyl adjacent to an activating group) is 1. The number of nitrogens with zero attached hydrogens (tertiary/aromatic N) is 3. The molecule has 0 amide bonds. The van der Waals surface area contributed by atoms with Gasteiger partial charge in [0.05, 0.1) is 0 Å². The third kappa shape index (κ3) is 6.42. The summed E-state index contributed by atoms with van der Waals surface area (Å²) in [5.41, 5.74) is 1.07. The van der Waals surface area contributed by atoms with E-state index in [1.807, 2.05) is 13.1 Å². The van der Waals surface area contributed by atoms with Crippen molar-refractivity contribution in [2.75, 3.05) is 58.9 Å². The van der Waals surface area contributed by atoms with Crippen LogP contribution in [0.5, 0.6) is 0 Å². The van der Waals surface area contributed by atoms with Gasteiger partial charge in [-0.15, -0.1) is 24.0 Å². The van der Waals surface area contributed by atoms with Gasteiger partial charge in [-0.25, -0.2) is 4.39 Å². The summed E-state index contributed by atoms with van der Waals surface area (Å²) in [5.74, 6) is 0.683. The standard InChI is InChI=1S/C21H34FN5O.HI/c1-23-20(24-16-21(26(2)3)9-13-28-14-10-21)25-18-7-11-27(12-8-18)19-6-4-5-17(22)15-19;/h4-6,15,18H,7-14,16H2,1-3H3,(H2,23,24,25);1H. The maximum absolute atomic E-state index is 13.5. The van der Waals surface area contributed by atoms with Gasteiger partial charge < -0.3 is 25.2 Å². The van der Waals surface area contributed by atoms with Crippen molar-refractivity contribution in [3.05, 3.63) is 30.1 Å². The van der Waals surface area contributed by atoms with E-state index in [-0.39, 0.29) is 35.3 Å². The zero-order valence-corrected chi connectivity index (χ0v) is 20.1. The predicted molar refractivity (Wildman–Crippen MR) is 128 cm³/mol. The largest absolute Gasteiger partial charge is 0.381 e. The first-order valence-corrected chi connectivity index (χ1v) is 10.3. The second-order valence-electron chi connectivity index (χ2n) is 8.04. The Labute approximate surface area is 191 Å². The second-order valence-corrected chi connectivity index (χ2v) is 8.04. The molecule has 3 rings (SSSR count). The summed E-state index contributed by atoms with van der Waals surface area (Å²) in [5, 5.41) is 7.11. The summed E-state index contributed by atoms with van der Waals surface area (Å²) in [6, 6.07) is 7.24. The molecule has 0 saturated carbocycles. The van der Waals surface area contributed by atoms with Crippen LogP contribution in [-0.2, 0) is 4.74 Å². The fourth-order valence-electron chi connectivity index (χ4n) is 4.12. The van der Waals surface area contributed by atoms with E-state index in [1.54, 1.807) is 12.1 Å². The molecule has 2 N–H and O–H groups in total. The molecule has 2 fully saturated rings. The van der Waals surface area contributed by atoms with Gasteiger partial charge >= 0.3 is 0 Å². The van der Waals surface area contributed by atoms with Crippen LogP contribution in [-0.4, -0.2) is 76.4 Å². The fourth-order valence-corrected chi connectivity index (χ4v) is 4.12. The average Bonchev–Trinajstić information content (AvgIpc) is 2.72. The molecule has 1 aromatic rings. The van der Waals surface area contributed by atoms with Gasteiger partial charge in [-0.2, -0.15) is 0 Å². The minimum atomic E-state index is -0.176. The molecular formula is C21H35FIN5O. The molecule has 0 aromatic heterocycles. The van der Waals surface area contributed by atoms with Crippen molar-refractivity contribution in [3.8, 4) is 0 Å². The van der Waals surface area contributed by atoms with Crippen LogP contribution >= 0.6 is 24.0 Å². The van der Waals surface area contributed by atoms with Gasteiger partial charge in [0.15, 0.2) is 5.96 Å². The number of nitrogens with one attached hydrogen (secondary N) is 2. The van der Waals surface area contributed by atoms with Crippen molar-refractivity contribution >= 4 is 35.6 Å². The molecule has 8 heteroatoms. The number of ether oxygens (including phenoxy) is 1. The van der Waals surface area contributed by atoms with Crippen molar-refractivity contribution < 1.29 is 9.13 Å². The molecule has 6 nitrogen and oxygen atoms in total. The lowest BCUT2D eigenvalue weighted by molar-refractivity contribution is -0.00503. The fraction of sp³-hybridized carbons (Fsp3) is 0.667. The van der Waals surface area contributed by atoms with Gasteiger partial charge in [0, 0.05) is 57.2 Å². The van der Waals surface area contributed by atoms with Gasteiger partial charge in [-0.1, -0.05) is 6.07 Å². The molecular weight excluding hydrogens is 484 g/mol. The molecule has 2 aliphatic heterocycles. The van der Waals surface area contributed by atoms with E-state index in [0.717, 1.165) is 70.2 Å². The third-order valence-electron chi connectivity index (χ3n) is 6.19. The molecule has 2 saturated heterocycles. The van der Waals surface area contributed by atoms with Gasteiger partial charge in [-0.3, -0.25) is 4.99 Å². The Balaban J connectivity index is 0.00000300. The van der Waals surface area contributed by atoms with E-state index in [4.69, 9.17) is 4.74 Å². The van der Waals surface area contributed by atoms with E-state index < -0.39 is 0 Å². The Bertz CT molecular complexity index is 658. The van der Waals surface area contributed by atoms with Crippen molar-refractivity contribution in [2.24, 2.45) is 4.99 Å². The summed E-state index contributed by atoms with van der Waals surface area (Å²) < 4.78 is 19.0. The van der Waals surface area contributed by atoms with E-state index in [1.165, 1.54) is 6.07 Å². The topological polar surface area (TPSA) is 52.1 Å². The van der Waals surface area contributed by atoms with Crippen LogP contribution in [0.1, 0.15) is 25.7 Å². The number of rotatable bonds is 5. The smallest absolute Gasteiger partial charge is 0.191 e. The highest BCUT2D eigenvalue weighted by Gasteiger charge is 2.35. The van der Waals surface area contributed by atoms with Crippen molar-refractivity contribution in [1.29, 1.82) is 0 Å². The Morgan fingerprint density at radius 1 is 1.28 bits per heavy atom. The minimum Gasteiger partial charge on any atom is -0.381 e. The number of benzene rings is 1. The van der Waals surface area contributed by atoms with Crippen LogP contribution in [0.15, 0.2) is 29.3 Å². The highest BCUT2D eigenvalue weighted by atomic mass is 127. The molecule has 2 heterocycles. The van der Waals surface area contributed by atoms with Crippen molar-refractivity contribution in [2.45, 2.75) is 37.3 Å². The van der Waals surface area contributed by atoms with Gasteiger partial charge in [0.25, 0.3) is 0 Å². The van der Waals surface area contributed by atoms with Gasteiger partial charge in [-0.05, 0) is 58.0 Å². The van der Waals surface area contributed by atoms with E-state index >= 15 is 0 Å². The maximum Gasteiger partial charge on any atom is 0.191 e. The predicted octanol–water partition coefficient (Wildman–Crippen LogP) is 2.69. The number of halogens is 2. The summed E-state index contributed by atoms with van der Waals surface area (Å²) in [6.07, 6.45) is 4.06. The first-order valence-electron chi connectivity index (χ1n) is 10.3. The average molecular weight is 519 g/mol. The Kier molecular flexibility index (Phi) is 9.42. The normalized spacial score (nSPS) is 20.3. The first-order chi connectivity index (χ1) is 13.5. The Morgan fingerprint density at radius 3 is 2.55 bits per heavy atom. The Morgan fingerprint density at radius 2 is 1.97 bits per heavy atom. The van der Waals surface area contributed by atoms with Crippen LogP contribution in [0.25, 0.3) is 0 Å². The molecule has 0 radical (unpaired) electrons. The van der Waals surface area contributed by atoms with Crippen LogP contribution in [0.2, 0.25) is 0 Å². The lowest BCUT2D eigenvalue weighted by Crippen LogP contribution is -2.58. The molecule has 2 aliphatic rings. The lowest BCUT2D eigenvalue weighted by Gasteiger charge is -2.43. The molecule has 1 aromatic carbocycles. The number of hydrogen-bond donors (Lipinski definition) is 2.